The standard InChI is InChI=1S/C23H33N5O2S/c1-7-9-18(2)19(3)11-14-28-17-27-21(22(31-6)23(28)29)10-8-12-24-16-26-20(4)25-13-15-30-5/h7,9,11-12,14,16-17,25H,4,8,10,13,15H2,1-3,5-6H3/b9-7-,14-11+,19-18-,24-12?,26-16-. The highest BCUT2D eigenvalue weighted by molar-refractivity contribution is 7.98. The average molecular weight is 444 g/mol. The van der Waals surface area contributed by atoms with Gasteiger partial charge in [0.25, 0.3) is 5.56 Å². The molecule has 1 rings (SSSR count). The molecule has 168 valence electrons. The van der Waals surface area contributed by atoms with E-state index >= 15 is 0 Å². The first kappa shape index (κ1) is 26.3. The number of methoxy groups -OCH3 is 1. The molecule has 1 aromatic rings. The molecule has 8 heteroatoms. The van der Waals surface area contributed by atoms with Gasteiger partial charge in [0.2, 0.25) is 0 Å². The Morgan fingerprint density at radius 3 is 2.77 bits per heavy atom. The van der Waals surface area contributed by atoms with Crippen molar-refractivity contribution in [3.8, 4) is 0 Å². The van der Waals surface area contributed by atoms with Crippen LogP contribution in [0.5, 0.6) is 0 Å². The van der Waals surface area contributed by atoms with Gasteiger partial charge in [0, 0.05) is 26.1 Å². The van der Waals surface area contributed by atoms with Gasteiger partial charge in [-0.05, 0) is 57.1 Å². The summed E-state index contributed by atoms with van der Waals surface area (Å²) in [6.45, 7) is 11.0. The van der Waals surface area contributed by atoms with E-state index in [1.807, 2.05) is 45.3 Å². The average Bonchev–Trinajstić information content (AvgIpc) is 2.75. The largest absolute Gasteiger partial charge is 0.383 e. The van der Waals surface area contributed by atoms with E-state index in [-0.39, 0.29) is 5.56 Å². The molecule has 0 saturated heterocycles. The quantitative estimate of drug-likeness (QED) is 0.163. The molecule has 31 heavy (non-hydrogen) atoms. The van der Waals surface area contributed by atoms with Crippen molar-refractivity contribution in [1.82, 2.24) is 14.9 Å². The first-order valence-electron chi connectivity index (χ1n) is 10.0. The first-order chi connectivity index (χ1) is 14.9. The first-order valence-corrected chi connectivity index (χ1v) is 11.2. The molecule has 1 N–H and O–H groups in total. The predicted octanol–water partition coefficient (Wildman–Crippen LogP) is 4.09. The second-order valence-electron chi connectivity index (χ2n) is 6.60. The van der Waals surface area contributed by atoms with Crippen LogP contribution in [-0.4, -0.2) is 48.6 Å². The van der Waals surface area contributed by atoms with Crippen molar-refractivity contribution >= 4 is 30.5 Å². The van der Waals surface area contributed by atoms with Gasteiger partial charge < -0.3 is 10.1 Å². The van der Waals surface area contributed by atoms with Crippen LogP contribution in [0.2, 0.25) is 0 Å². The Balaban J connectivity index is 2.75. The zero-order chi connectivity index (χ0) is 23.1. The van der Waals surface area contributed by atoms with Crippen molar-refractivity contribution in [3.63, 3.8) is 0 Å². The van der Waals surface area contributed by atoms with Crippen LogP contribution in [0.15, 0.2) is 67.8 Å². The van der Waals surface area contributed by atoms with E-state index in [4.69, 9.17) is 4.74 Å². The van der Waals surface area contributed by atoms with Crippen LogP contribution in [-0.2, 0) is 11.2 Å². The minimum Gasteiger partial charge on any atom is -0.383 e. The number of nitrogens with one attached hydrogen (secondary N) is 1. The number of allylic oxidation sites excluding steroid dienone is 5. The molecule has 0 aromatic carbocycles. The Morgan fingerprint density at radius 2 is 2.10 bits per heavy atom. The third-order valence-electron chi connectivity index (χ3n) is 4.29. The normalized spacial score (nSPS) is 13.1. The van der Waals surface area contributed by atoms with E-state index in [1.165, 1.54) is 22.7 Å². The minimum absolute atomic E-state index is 0.0674. The molecule has 0 amide bonds. The maximum atomic E-state index is 12.8. The van der Waals surface area contributed by atoms with Gasteiger partial charge in [-0.3, -0.25) is 9.36 Å². The molecule has 0 atom stereocenters. The van der Waals surface area contributed by atoms with E-state index in [0.717, 1.165) is 16.8 Å². The zero-order valence-electron chi connectivity index (χ0n) is 19.1. The molecule has 0 radical (unpaired) electrons. The molecule has 0 saturated carbocycles. The zero-order valence-corrected chi connectivity index (χ0v) is 19.9. The molecular formula is C23H33N5O2S. The maximum Gasteiger partial charge on any atom is 0.271 e. The molecule has 1 heterocycles. The van der Waals surface area contributed by atoms with Crippen molar-refractivity contribution in [2.45, 2.75) is 38.5 Å². The summed E-state index contributed by atoms with van der Waals surface area (Å²) in [6.07, 6.45) is 15.6. The predicted molar refractivity (Wildman–Crippen MR) is 133 cm³/mol. The van der Waals surface area contributed by atoms with Crippen molar-refractivity contribution in [2.24, 2.45) is 9.98 Å². The molecular weight excluding hydrogens is 410 g/mol. The molecule has 0 fully saturated rings. The summed E-state index contributed by atoms with van der Waals surface area (Å²) in [4.78, 5) is 26.2. The van der Waals surface area contributed by atoms with Crippen molar-refractivity contribution in [1.29, 1.82) is 0 Å². The summed E-state index contributed by atoms with van der Waals surface area (Å²) >= 11 is 1.41. The molecule has 1 aromatic heterocycles. The number of hydrogen-bond acceptors (Lipinski definition) is 6. The van der Waals surface area contributed by atoms with E-state index in [1.54, 1.807) is 25.9 Å². The topological polar surface area (TPSA) is 80.9 Å². The minimum atomic E-state index is -0.0674. The van der Waals surface area contributed by atoms with Crippen molar-refractivity contribution in [2.75, 3.05) is 26.5 Å². The smallest absolute Gasteiger partial charge is 0.271 e. The summed E-state index contributed by atoms with van der Waals surface area (Å²) in [6, 6.07) is 0. The summed E-state index contributed by atoms with van der Waals surface area (Å²) in [5.74, 6) is 0.531. The Bertz CT molecular complexity index is 926. The third kappa shape index (κ3) is 9.76. The lowest BCUT2D eigenvalue weighted by molar-refractivity contribution is 0.202. The Kier molecular flexibility index (Phi) is 12.9. The van der Waals surface area contributed by atoms with Crippen LogP contribution < -0.4 is 10.9 Å². The number of nitrogens with zero attached hydrogens (tertiary/aromatic N) is 4. The molecule has 0 unspecified atom stereocenters. The second kappa shape index (κ2) is 15.1. The summed E-state index contributed by atoms with van der Waals surface area (Å²) in [5, 5.41) is 3.00. The highest BCUT2D eigenvalue weighted by atomic mass is 32.2. The number of aliphatic imine (C=N–C) groups is 2. The van der Waals surface area contributed by atoms with Crippen molar-refractivity contribution in [3.05, 3.63) is 64.1 Å². The fraction of sp³-hybridized carbons (Fsp3) is 0.391. The summed E-state index contributed by atoms with van der Waals surface area (Å²) < 4.78 is 6.46. The SMILES string of the molecule is C=C(/N=C\N=CCCc1ncn(/C=C/C(C)=C(C)\C=C/C)c(=O)c1SC)NCCOC. The van der Waals surface area contributed by atoms with E-state index in [0.29, 0.717) is 36.7 Å². The Labute approximate surface area is 189 Å². The lowest BCUT2D eigenvalue weighted by atomic mass is 10.1. The van der Waals surface area contributed by atoms with Crippen LogP contribution in [0.3, 0.4) is 0 Å². The van der Waals surface area contributed by atoms with Gasteiger partial charge in [-0.1, -0.05) is 18.7 Å². The van der Waals surface area contributed by atoms with E-state index in [2.05, 4.69) is 26.9 Å². The van der Waals surface area contributed by atoms with Gasteiger partial charge in [0.05, 0.1) is 17.2 Å². The van der Waals surface area contributed by atoms with Gasteiger partial charge in [-0.25, -0.2) is 15.0 Å². The monoisotopic (exact) mass is 443 g/mol. The number of aryl methyl sites for hydroxylation is 1. The number of rotatable bonds is 13. The van der Waals surface area contributed by atoms with Gasteiger partial charge >= 0.3 is 0 Å². The van der Waals surface area contributed by atoms with Gasteiger partial charge in [0.1, 0.15) is 18.5 Å². The lowest BCUT2D eigenvalue weighted by Crippen LogP contribution is -2.20. The van der Waals surface area contributed by atoms with E-state index in [9.17, 15) is 4.79 Å². The van der Waals surface area contributed by atoms with Crippen LogP contribution in [0, 0.1) is 0 Å². The Hall–Kier alpha value is -2.71. The highest BCUT2D eigenvalue weighted by Gasteiger charge is 2.09. The van der Waals surface area contributed by atoms with Gasteiger partial charge in [-0.15, -0.1) is 11.8 Å². The maximum absolute atomic E-state index is 12.8. The molecule has 0 spiro atoms. The second-order valence-corrected chi connectivity index (χ2v) is 7.42. The van der Waals surface area contributed by atoms with Crippen LogP contribution in [0.25, 0.3) is 6.20 Å². The van der Waals surface area contributed by atoms with Crippen LogP contribution in [0.1, 0.15) is 32.9 Å². The van der Waals surface area contributed by atoms with E-state index < -0.39 is 0 Å². The van der Waals surface area contributed by atoms with Crippen LogP contribution >= 0.6 is 11.8 Å². The number of hydrogen-bond donors (Lipinski definition) is 1. The fourth-order valence-corrected chi connectivity index (χ4v) is 3.12. The molecule has 0 aliphatic rings. The Morgan fingerprint density at radius 1 is 1.35 bits per heavy atom. The highest BCUT2D eigenvalue weighted by Crippen LogP contribution is 2.15. The summed E-state index contributed by atoms with van der Waals surface area (Å²) in [5.41, 5.74) is 2.95. The molecule has 0 aliphatic heterocycles. The molecule has 0 aliphatic carbocycles. The molecule has 0 bridgehead atoms. The summed E-state index contributed by atoms with van der Waals surface area (Å²) in [7, 11) is 1.64. The number of ether oxygens (including phenoxy) is 1. The number of aromatic nitrogens is 2. The van der Waals surface area contributed by atoms with Crippen molar-refractivity contribution < 1.29 is 4.74 Å². The third-order valence-corrected chi connectivity index (χ3v) is 5.11. The van der Waals surface area contributed by atoms with Crippen LogP contribution in [0.4, 0.5) is 0 Å². The number of thioether (sulfide) groups is 1. The molecule has 7 nitrogen and oxygen atoms in total. The fourth-order valence-electron chi connectivity index (χ4n) is 2.45. The lowest BCUT2D eigenvalue weighted by Gasteiger charge is -2.07. The van der Waals surface area contributed by atoms with Gasteiger partial charge in [-0.2, -0.15) is 0 Å². The van der Waals surface area contributed by atoms with Gasteiger partial charge in [0.15, 0.2) is 0 Å².